The fourth-order valence-electron chi connectivity index (χ4n) is 1.07. The van der Waals surface area contributed by atoms with Crippen LogP contribution in [0.15, 0.2) is 24.3 Å². The SMILES string of the molecule is CNCc1ccccc1C(=O)O.O=C(O)C(F)(F)F. The van der Waals surface area contributed by atoms with Gasteiger partial charge in [-0.1, -0.05) is 18.2 Å². The Kier molecular flexibility index (Phi) is 6.56. The maximum atomic E-state index is 10.7. The van der Waals surface area contributed by atoms with Crippen molar-refractivity contribution in [2.24, 2.45) is 0 Å². The van der Waals surface area contributed by atoms with E-state index in [-0.39, 0.29) is 0 Å². The topological polar surface area (TPSA) is 86.6 Å². The molecule has 0 aromatic heterocycles. The number of benzene rings is 1. The summed E-state index contributed by atoms with van der Waals surface area (Å²) in [6, 6.07) is 6.97. The van der Waals surface area contributed by atoms with E-state index in [1.54, 1.807) is 25.2 Å². The van der Waals surface area contributed by atoms with Crippen molar-refractivity contribution < 1.29 is 33.0 Å². The van der Waals surface area contributed by atoms with Gasteiger partial charge >= 0.3 is 18.1 Å². The first kappa shape index (κ1) is 16.9. The number of carboxylic acids is 2. The van der Waals surface area contributed by atoms with Crippen LogP contribution in [0.3, 0.4) is 0 Å². The van der Waals surface area contributed by atoms with E-state index in [1.165, 1.54) is 0 Å². The zero-order valence-corrected chi connectivity index (χ0v) is 9.86. The maximum Gasteiger partial charge on any atom is 0.490 e. The third kappa shape index (κ3) is 6.41. The summed E-state index contributed by atoms with van der Waals surface area (Å²) >= 11 is 0. The number of alkyl halides is 3. The average Bonchev–Trinajstić information content (AvgIpc) is 2.29. The van der Waals surface area contributed by atoms with E-state index in [1.807, 2.05) is 6.07 Å². The Morgan fingerprint density at radius 2 is 1.68 bits per heavy atom. The Morgan fingerprint density at radius 1 is 1.21 bits per heavy atom. The van der Waals surface area contributed by atoms with Crippen LogP contribution in [0.1, 0.15) is 15.9 Å². The summed E-state index contributed by atoms with van der Waals surface area (Å²) in [7, 11) is 1.79. The van der Waals surface area contributed by atoms with Crippen LogP contribution in [0, 0.1) is 0 Å². The van der Waals surface area contributed by atoms with Gasteiger partial charge in [-0.05, 0) is 18.7 Å². The average molecular weight is 279 g/mol. The number of halogens is 3. The Morgan fingerprint density at radius 3 is 2.05 bits per heavy atom. The van der Waals surface area contributed by atoms with E-state index in [2.05, 4.69) is 5.32 Å². The van der Waals surface area contributed by atoms with Crippen molar-refractivity contribution in [2.75, 3.05) is 7.05 Å². The van der Waals surface area contributed by atoms with Gasteiger partial charge in [-0.2, -0.15) is 13.2 Å². The Bertz CT molecular complexity index is 446. The van der Waals surface area contributed by atoms with Gasteiger partial charge in [0.05, 0.1) is 5.56 Å². The molecule has 106 valence electrons. The van der Waals surface area contributed by atoms with Gasteiger partial charge in [-0.3, -0.25) is 0 Å². The first-order valence-corrected chi connectivity index (χ1v) is 4.96. The molecule has 0 atom stereocenters. The molecule has 1 rings (SSSR count). The van der Waals surface area contributed by atoms with Crippen LogP contribution >= 0.6 is 0 Å². The van der Waals surface area contributed by atoms with Crippen molar-refractivity contribution in [3.63, 3.8) is 0 Å². The molecular weight excluding hydrogens is 267 g/mol. The summed E-state index contributed by atoms with van der Waals surface area (Å²) in [5, 5.41) is 18.8. The number of aromatic carboxylic acids is 1. The molecular formula is C11H12F3NO4. The van der Waals surface area contributed by atoms with Crippen LogP contribution < -0.4 is 5.32 Å². The highest BCUT2D eigenvalue weighted by atomic mass is 19.4. The predicted molar refractivity (Wildman–Crippen MR) is 59.9 cm³/mol. The molecule has 0 saturated heterocycles. The number of hydrogen-bond acceptors (Lipinski definition) is 3. The minimum atomic E-state index is -5.08. The molecule has 0 saturated carbocycles. The van der Waals surface area contributed by atoms with Crippen LogP contribution in [0.5, 0.6) is 0 Å². The molecule has 3 N–H and O–H groups in total. The molecule has 0 bridgehead atoms. The molecule has 0 radical (unpaired) electrons. The third-order valence-corrected chi connectivity index (χ3v) is 1.86. The number of aliphatic carboxylic acids is 1. The molecule has 1 aromatic carbocycles. The summed E-state index contributed by atoms with van der Waals surface area (Å²) in [4.78, 5) is 19.6. The van der Waals surface area contributed by atoms with E-state index >= 15 is 0 Å². The van der Waals surface area contributed by atoms with Crippen LogP contribution in [-0.2, 0) is 11.3 Å². The molecule has 0 amide bonds. The Hall–Kier alpha value is -2.09. The number of hydrogen-bond donors (Lipinski definition) is 3. The lowest BCUT2D eigenvalue weighted by Gasteiger charge is -2.03. The van der Waals surface area contributed by atoms with E-state index in [0.29, 0.717) is 12.1 Å². The molecule has 19 heavy (non-hydrogen) atoms. The molecule has 0 aliphatic rings. The molecule has 8 heteroatoms. The van der Waals surface area contributed by atoms with Gasteiger partial charge in [0.15, 0.2) is 0 Å². The fraction of sp³-hybridized carbons (Fsp3) is 0.273. The first-order chi connectivity index (χ1) is 8.70. The maximum absolute atomic E-state index is 10.7. The minimum absolute atomic E-state index is 0.367. The zero-order valence-electron chi connectivity index (χ0n) is 9.86. The number of nitrogens with one attached hydrogen (secondary N) is 1. The van der Waals surface area contributed by atoms with Gasteiger partial charge in [0, 0.05) is 6.54 Å². The number of carbonyl (C=O) groups is 2. The summed E-state index contributed by atoms with van der Waals surface area (Å²) < 4.78 is 31.7. The molecule has 0 aliphatic carbocycles. The predicted octanol–water partition coefficient (Wildman–Crippen LogP) is 1.74. The third-order valence-electron chi connectivity index (χ3n) is 1.86. The van der Waals surface area contributed by atoms with Gasteiger partial charge in [0.1, 0.15) is 0 Å². The quantitative estimate of drug-likeness (QED) is 0.784. The highest BCUT2D eigenvalue weighted by Crippen LogP contribution is 2.13. The van der Waals surface area contributed by atoms with Gasteiger partial charge in [0.2, 0.25) is 0 Å². The Labute approximate surface area is 106 Å². The second-order valence-corrected chi connectivity index (χ2v) is 3.30. The minimum Gasteiger partial charge on any atom is -0.478 e. The molecule has 0 unspecified atom stereocenters. The van der Waals surface area contributed by atoms with Crippen molar-refractivity contribution in [1.29, 1.82) is 0 Å². The van der Waals surface area contributed by atoms with E-state index in [9.17, 15) is 18.0 Å². The Balaban J connectivity index is 0.000000399. The zero-order chi connectivity index (χ0) is 15.1. The van der Waals surface area contributed by atoms with Crippen LogP contribution in [0.2, 0.25) is 0 Å². The summed E-state index contributed by atoms with van der Waals surface area (Å²) in [5.41, 5.74) is 1.18. The normalized spacial score (nSPS) is 10.3. The van der Waals surface area contributed by atoms with Gasteiger partial charge in [0.25, 0.3) is 0 Å². The first-order valence-electron chi connectivity index (χ1n) is 4.96. The molecule has 5 nitrogen and oxygen atoms in total. The number of carboxylic acid groups (broad SMARTS) is 2. The van der Waals surface area contributed by atoms with Gasteiger partial charge in [-0.15, -0.1) is 0 Å². The van der Waals surface area contributed by atoms with Gasteiger partial charge < -0.3 is 15.5 Å². The molecule has 1 aromatic rings. The molecule has 0 aliphatic heterocycles. The highest BCUT2D eigenvalue weighted by molar-refractivity contribution is 5.89. The smallest absolute Gasteiger partial charge is 0.478 e. The van der Waals surface area contributed by atoms with Gasteiger partial charge in [-0.25, -0.2) is 9.59 Å². The summed E-state index contributed by atoms with van der Waals surface area (Å²) in [5.74, 6) is -3.63. The fourth-order valence-corrected chi connectivity index (χ4v) is 1.07. The molecule has 0 heterocycles. The second-order valence-electron chi connectivity index (χ2n) is 3.30. The number of rotatable bonds is 3. The van der Waals surface area contributed by atoms with E-state index in [4.69, 9.17) is 15.0 Å². The highest BCUT2D eigenvalue weighted by Gasteiger charge is 2.38. The lowest BCUT2D eigenvalue weighted by molar-refractivity contribution is -0.192. The lowest BCUT2D eigenvalue weighted by Crippen LogP contribution is -2.21. The van der Waals surface area contributed by atoms with Crippen molar-refractivity contribution in [1.82, 2.24) is 5.32 Å². The summed E-state index contributed by atoms with van der Waals surface area (Å²) in [6.45, 7) is 0.586. The van der Waals surface area contributed by atoms with Crippen LogP contribution in [0.25, 0.3) is 0 Å². The molecule has 0 spiro atoms. The second kappa shape index (κ2) is 7.37. The van der Waals surface area contributed by atoms with Crippen LogP contribution in [0.4, 0.5) is 13.2 Å². The summed E-state index contributed by atoms with van der Waals surface area (Å²) in [6.07, 6.45) is -5.08. The molecule has 0 fully saturated rings. The van der Waals surface area contributed by atoms with E-state index in [0.717, 1.165) is 5.56 Å². The largest absolute Gasteiger partial charge is 0.490 e. The van der Waals surface area contributed by atoms with E-state index < -0.39 is 18.1 Å². The van der Waals surface area contributed by atoms with Crippen molar-refractivity contribution >= 4 is 11.9 Å². The van der Waals surface area contributed by atoms with Crippen LogP contribution in [-0.4, -0.2) is 35.4 Å². The monoisotopic (exact) mass is 279 g/mol. The van der Waals surface area contributed by atoms with Crippen molar-refractivity contribution in [3.05, 3.63) is 35.4 Å². The standard InChI is InChI=1S/C9H11NO2.C2HF3O2/c1-10-6-7-4-2-3-5-8(7)9(11)12;3-2(4,5)1(6)7/h2-5,10H,6H2,1H3,(H,11,12);(H,6,7). The van der Waals surface area contributed by atoms with Crippen molar-refractivity contribution in [3.8, 4) is 0 Å². The lowest BCUT2D eigenvalue weighted by atomic mass is 10.1. The van der Waals surface area contributed by atoms with Crippen molar-refractivity contribution in [2.45, 2.75) is 12.7 Å².